The molecule has 0 aliphatic heterocycles. The Kier molecular flexibility index (Phi) is 8.29. The molecule has 7 nitrogen and oxygen atoms in total. The van der Waals surface area contributed by atoms with Crippen molar-refractivity contribution in [2.24, 2.45) is 5.10 Å². The van der Waals surface area contributed by atoms with E-state index in [1.165, 1.54) is 4.68 Å². The Bertz CT molecular complexity index is 1830. The number of ether oxygens (including phenoxy) is 2. The summed E-state index contributed by atoms with van der Waals surface area (Å²) in [6, 6.07) is 21.6. The van der Waals surface area contributed by atoms with Gasteiger partial charge in [-0.05, 0) is 106 Å². The van der Waals surface area contributed by atoms with Crippen LogP contribution in [0.3, 0.4) is 0 Å². The van der Waals surface area contributed by atoms with E-state index in [1.807, 2.05) is 69.3 Å². The van der Waals surface area contributed by atoms with Gasteiger partial charge in [-0.2, -0.15) is 9.78 Å². The van der Waals surface area contributed by atoms with Crippen molar-refractivity contribution in [1.82, 2.24) is 14.2 Å². The quantitative estimate of drug-likeness (QED) is 0.174. The van der Waals surface area contributed by atoms with Crippen LogP contribution in [0.25, 0.3) is 28.0 Å². The zero-order valence-corrected chi connectivity index (χ0v) is 25.4. The van der Waals surface area contributed by atoms with Crippen LogP contribution in [0, 0.1) is 20.8 Å². The van der Waals surface area contributed by atoms with Crippen LogP contribution in [-0.4, -0.2) is 33.7 Å². The Morgan fingerprint density at radius 3 is 2.33 bits per heavy atom. The maximum absolute atomic E-state index is 13.9. The molecule has 42 heavy (non-hydrogen) atoms. The molecule has 0 atom stereocenters. The van der Waals surface area contributed by atoms with Gasteiger partial charge in [0, 0.05) is 28.2 Å². The minimum atomic E-state index is -0.216. The van der Waals surface area contributed by atoms with Gasteiger partial charge in [0.1, 0.15) is 11.5 Å². The zero-order chi connectivity index (χ0) is 30.0. The first-order chi connectivity index (χ1) is 20.2. The van der Waals surface area contributed by atoms with Crippen molar-refractivity contribution >= 4 is 17.1 Å². The first-order valence-electron chi connectivity index (χ1n) is 14.5. The van der Waals surface area contributed by atoms with Gasteiger partial charge in [0.2, 0.25) is 0 Å². The highest BCUT2D eigenvalue weighted by Gasteiger charge is 2.19. The Morgan fingerprint density at radius 2 is 1.64 bits per heavy atom. The minimum Gasteiger partial charge on any atom is -0.494 e. The summed E-state index contributed by atoms with van der Waals surface area (Å²) in [5.74, 6) is 2.42. The van der Waals surface area contributed by atoms with Crippen molar-refractivity contribution in [2.75, 3.05) is 13.2 Å². The van der Waals surface area contributed by atoms with E-state index in [1.54, 1.807) is 12.3 Å². The fourth-order valence-electron chi connectivity index (χ4n) is 5.37. The average Bonchev–Trinajstić information content (AvgIpc) is 3.25. The number of fused-ring (bicyclic) bond motifs is 1. The van der Waals surface area contributed by atoms with Crippen LogP contribution < -0.4 is 15.0 Å². The third-order valence-corrected chi connectivity index (χ3v) is 7.46. The van der Waals surface area contributed by atoms with Crippen LogP contribution in [0.1, 0.15) is 61.7 Å². The van der Waals surface area contributed by atoms with Crippen LogP contribution in [-0.2, 0) is 0 Å². The number of nitrogens with zero attached hydrogens (tertiary/aromatic N) is 4. The molecule has 0 N–H and O–H groups in total. The predicted octanol–water partition coefficient (Wildman–Crippen LogP) is 7.58. The number of hydrogen-bond acceptors (Lipinski definition) is 5. The number of rotatable bonds is 9. The van der Waals surface area contributed by atoms with Crippen molar-refractivity contribution < 1.29 is 9.47 Å². The monoisotopic (exact) mass is 562 g/mol. The molecule has 0 aliphatic rings. The first kappa shape index (κ1) is 28.9. The van der Waals surface area contributed by atoms with E-state index in [9.17, 15) is 4.79 Å². The van der Waals surface area contributed by atoms with Gasteiger partial charge in [0.05, 0.1) is 30.3 Å². The van der Waals surface area contributed by atoms with E-state index in [2.05, 4.69) is 44.4 Å². The summed E-state index contributed by atoms with van der Waals surface area (Å²) in [6.07, 6.45) is 1.75. The zero-order valence-electron chi connectivity index (χ0n) is 25.4. The molecule has 7 heteroatoms. The molecule has 0 fully saturated rings. The molecular weight excluding hydrogens is 524 g/mol. The summed E-state index contributed by atoms with van der Waals surface area (Å²) in [5, 5.41) is 5.30. The predicted molar refractivity (Wildman–Crippen MR) is 171 cm³/mol. The molecule has 0 saturated heterocycles. The van der Waals surface area contributed by atoms with Crippen molar-refractivity contribution in [3.63, 3.8) is 0 Å². The fourth-order valence-corrected chi connectivity index (χ4v) is 5.37. The molecule has 0 saturated carbocycles. The average molecular weight is 563 g/mol. The molecule has 0 amide bonds. The van der Waals surface area contributed by atoms with E-state index in [0.29, 0.717) is 29.9 Å². The lowest BCUT2D eigenvalue weighted by Crippen LogP contribution is -2.21. The SMILES string of the molecule is CCOc1ccc(-n2c(C)cc(C=Nn3c(-c4cc(C(C)C)c(OCC)cc4C)nc4ccccc4c3=O)c2C)cc1. The third-order valence-electron chi connectivity index (χ3n) is 7.46. The lowest BCUT2D eigenvalue weighted by Gasteiger charge is -2.18. The molecule has 2 heterocycles. The summed E-state index contributed by atoms with van der Waals surface area (Å²) < 4.78 is 15.2. The Morgan fingerprint density at radius 1 is 0.929 bits per heavy atom. The summed E-state index contributed by atoms with van der Waals surface area (Å²) in [7, 11) is 0. The molecular formula is C35H38N4O3. The maximum Gasteiger partial charge on any atom is 0.282 e. The van der Waals surface area contributed by atoms with Crippen molar-refractivity contribution in [2.45, 2.75) is 54.4 Å². The molecule has 5 aromatic rings. The van der Waals surface area contributed by atoms with Gasteiger partial charge in [-0.1, -0.05) is 26.0 Å². The lowest BCUT2D eigenvalue weighted by atomic mass is 9.96. The van der Waals surface area contributed by atoms with Crippen LogP contribution in [0.5, 0.6) is 11.5 Å². The second-order valence-corrected chi connectivity index (χ2v) is 10.7. The van der Waals surface area contributed by atoms with Crippen LogP contribution >= 0.6 is 0 Å². The molecule has 0 bridgehead atoms. The van der Waals surface area contributed by atoms with Gasteiger partial charge in [-0.25, -0.2) is 4.98 Å². The Labute approximate surface area is 247 Å². The number of benzene rings is 3. The molecule has 0 aliphatic carbocycles. The summed E-state index contributed by atoms with van der Waals surface area (Å²) >= 11 is 0. The summed E-state index contributed by atoms with van der Waals surface area (Å²) in [4.78, 5) is 18.8. The topological polar surface area (TPSA) is 70.6 Å². The normalized spacial score (nSPS) is 11.6. The Balaban J connectivity index is 1.65. The van der Waals surface area contributed by atoms with E-state index < -0.39 is 0 Å². The Hall–Kier alpha value is -4.65. The van der Waals surface area contributed by atoms with Gasteiger partial charge < -0.3 is 14.0 Å². The van der Waals surface area contributed by atoms with Gasteiger partial charge in [0.15, 0.2) is 5.82 Å². The number of aryl methyl sites for hydroxylation is 2. The van der Waals surface area contributed by atoms with Crippen molar-refractivity contribution in [3.8, 4) is 28.6 Å². The first-order valence-corrected chi connectivity index (χ1v) is 14.5. The second kappa shape index (κ2) is 12.1. The van der Waals surface area contributed by atoms with E-state index in [4.69, 9.17) is 19.6 Å². The number of para-hydroxylation sites is 1. The van der Waals surface area contributed by atoms with Gasteiger partial charge in [-0.15, -0.1) is 0 Å². The van der Waals surface area contributed by atoms with E-state index in [-0.39, 0.29) is 11.5 Å². The van der Waals surface area contributed by atoms with Crippen LogP contribution in [0.15, 0.2) is 76.6 Å². The smallest absolute Gasteiger partial charge is 0.282 e. The molecule has 2 aromatic heterocycles. The molecule has 216 valence electrons. The molecule has 3 aromatic carbocycles. The number of aromatic nitrogens is 3. The largest absolute Gasteiger partial charge is 0.494 e. The maximum atomic E-state index is 13.9. The highest BCUT2D eigenvalue weighted by molar-refractivity contribution is 5.84. The van der Waals surface area contributed by atoms with Crippen molar-refractivity contribution in [3.05, 3.63) is 105 Å². The molecule has 0 spiro atoms. The van der Waals surface area contributed by atoms with Gasteiger partial charge in [0.25, 0.3) is 5.56 Å². The lowest BCUT2D eigenvalue weighted by molar-refractivity contribution is 0.335. The van der Waals surface area contributed by atoms with Gasteiger partial charge in [-0.3, -0.25) is 4.79 Å². The van der Waals surface area contributed by atoms with Crippen LogP contribution in [0.4, 0.5) is 0 Å². The highest BCUT2D eigenvalue weighted by Crippen LogP contribution is 2.34. The van der Waals surface area contributed by atoms with Gasteiger partial charge >= 0.3 is 0 Å². The second-order valence-electron chi connectivity index (χ2n) is 10.7. The highest BCUT2D eigenvalue weighted by atomic mass is 16.5. The third kappa shape index (κ3) is 5.47. The molecule has 0 radical (unpaired) electrons. The fraction of sp³-hybridized carbons (Fsp3) is 0.286. The van der Waals surface area contributed by atoms with E-state index in [0.717, 1.165) is 50.8 Å². The van der Waals surface area contributed by atoms with E-state index >= 15 is 0 Å². The summed E-state index contributed by atoms with van der Waals surface area (Å²) in [6.45, 7) is 15.6. The van der Waals surface area contributed by atoms with Crippen molar-refractivity contribution in [1.29, 1.82) is 0 Å². The minimum absolute atomic E-state index is 0.216. The van der Waals surface area contributed by atoms with Crippen LogP contribution in [0.2, 0.25) is 0 Å². The number of hydrogen-bond donors (Lipinski definition) is 0. The summed E-state index contributed by atoms with van der Waals surface area (Å²) in [5.41, 5.74) is 7.32. The molecule has 0 unspecified atom stereocenters. The standard InChI is InChI=1S/C35H38N4O3/c1-8-41-28-16-14-27(15-17-28)38-24(6)19-26(25(38)7)21-36-39-34(37-32-13-11-10-12-29(32)35(39)40)31-20-30(22(3)4)33(42-9-2)18-23(31)5/h10-22H,8-9H2,1-7H3. The molecule has 5 rings (SSSR count).